The third kappa shape index (κ3) is 4.03. The molecule has 0 bridgehead atoms. The topological polar surface area (TPSA) is 30.5 Å². The van der Waals surface area contributed by atoms with E-state index in [4.69, 9.17) is 21.1 Å². The molecular formula is C16H24ClNO2. The van der Waals surface area contributed by atoms with Crippen molar-refractivity contribution in [3.8, 4) is 11.5 Å². The Morgan fingerprint density at radius 2 is 1.85 bits per heavy atom. The molecule has 1 fully saturated rings. The first-order valence-electron chi connectivity index (χ1n) is 7.36. The fourth-order valence-corrected chi connectivity index (χ4v) is 3.16. The minimum absolute atomic E-state index is 0.115. The second kappa shape index (κ2) is 7.75. The first-order valence-corrected chi connectivity index (χ1v) is 7.90. The van der Waals surface area contributed by atoms with Crippen LogP contribution in [0.1, 0.15) is 32.1 Å². The average molecular weight is 298 g/mol. The van der Waals surface area contributed by atoms with Crippen molar-refractivity contribution >= 4 is 11.6 Å². The van der Waals surface area contributed by atoms with Gasteiger partial charge >= 0.3 is 0 Å². The second-order valence-electron chi connectivity index (χ2n) is 5.40. The van der Waals surface area contributed by atoms with Crippen LogP contribution in [-0.4, -0.2) is 31.7 Å². The molecule has 0 unspecified atom stereocenters. The number of halogens is 1. The first-order chi connectivity index (χ1) is 9.79. The van der Waals surface area contributed by atoms with Crippen molar-refractivity contribution in [2.75, 3.05) is 26.1 Å². The van der Waals surface area contributed by atoms with E-state index in [9.17, 15) is 0 Å². The standard InChI is InChI=1S/C16H24ClNO2/c1-19-14-7-3-4-8-15(14)20-12-11-18-16(13-17)9-5-2-6-10-16/h3-4,7-8,18H,2,5-6,9-13H2,1H3. The number of hydrogen-bond acceptors (Lipinski definition) is 3. The second-order valence-corrected chi connectivity index (χ2v) is 5.67. The van der Waals surface area contributed by atoms with Crippen LogP contribution >= 0.6 is 11.6 Å². The van der Waals surface area contributed by atoms with Crippen molar-refractivity contribution < 1.29 is 9.47 Å². The van der Waals surface area contributed by atoms with Crippen LogP contribution in [0.25, 0.3) is 0 Å². The molecule has 0 aromatic heterocycles. The minimum atomic E-state index is 0.115. The zero-order chi connectivity index (χ0) is 14.3. The number of para-hydroxylation sites is 2. The molecule has 3 nitrogen and oxygen atoms in total. The third-order valence-corrected chi connectivity index (χ3v) is 4.51. The van der Waals surface area contributed by atoms with Crippen molar-refractivity contribution in [1.82, 2.24) is 5.32 Å². The van der Waals surface area contributed by atoms with E-state index in [1.807, 2.05) is 24.3 Å². The van der Waals surface area contributed by atoms with Crippen LogP contribution in [-0.2, 0) is 0 Å². The number of ether oxygens (including phenoxy) is 2. The Morgan fingerprint density at radius 1 is 1.15 bits per heavy atom. The molecule has 0 heterocycles. The molecule has 1 saturated carbocycles. The molecule has 0 radical (unpaired) electrons. The van der Waals surface area contributed by atoms with E-state index in [0.29, 0.717) is 12.5 Å². The Bertz CT molecular complexity index is 405. The number of methoxy groups -OCH3 is 1. The molecule has 4 heteroatoms. The summed E-state index contributed by atoms with van der Waals surface area (Å²) in [6.45, 7) is 1.43. The third-order valence-electron chi connectivity index (χ3n) is 4.00. The molecule has 0 spiro atoms. The number of nitrogens with one attached hydrogen (secondary N) is 1. The van der Waals surface area contributed by atoms with Crippen molar-refractivity contribution in [1.29, 1.82) is 0 Å². The van der Waals surface area contributed by atoms with Gasteiger partial charge in [-0.05, 0) is 25.0 Å². The lowest BCUT2D eigenvalue weighted by Gasteiger charge is -2.36. The lowest BCUT2D eigenvalue weighted by Crippen LogP contribution is -2.49. The number of hydrogen-bond donors (Lipinski definition) is 1. The highest BCUT2D eigenvalue weighted by molar-refractivity contribution is 6.18. The van der Waals surface area contributed by atoms with Gasteiger partial charge in [0.15, 0.2) is 11.5 Å². The van der Waals surface area contributed by atoms with Gasteiger partial charge in [0.2, 0.25) is 0 Å². The van der Waals surface area contributed by atoms with E-state index < -0.39 is 0 Å². The summed E-state index contributed by atoms with van der Waals surface area (Å²) in [6, 6.07) is 7.72. The summed E-state index contributed by atoms with van der Waals surface area (Å²) in [5, 5.41) is 3.59. The molecule has 1 aromatic rings. The fourth-order valence-electron chi connectivity index (χ4n) is 2.80. The number of alkyl halides is 1. The quantitative estimate of drug-likeness (QED) is 0.616. The lowest BCUT2D eigenvalue weighted by atomic mass is 9.83. The SMILES string of the molecule is COc1ccccc1OCCNC1(CCl)CCCCC1. The van der Waals surface area contributed by atoms with Gasteiger partial charge in [-0.1, -0.05) is 31.4 Å². The molecule has 112 valence electrons. The largest absolute Gasteiger partial charge is 0.493 e. The van der Waals surface area contributed by atoms with Crippen LogP contribution in [0, 0.1) is 0 Å². The van der Waals surface area contributed by atoms with Crippen LogP contribution in [0.4, 0.5) is 0 Å². The van der Waals surface area contributed by atoms with E-state index in [1.54, 1.807) is 7.11 Å². The average Bonchev–Trinajstić information content (AvgIpc) is 2.53. The Labute approximate surface area is 126 Å². The predicted molar refractivity (Wildman–Crippen MR) is 83.0 cm³/mol. The summed E-state index contributed by atoms with van der Waals surface area (Å²) in [5.41, 5.74) is 0.115. The van der Waals surface area contributed by atoms with Crippen LogP contribution in [0.15, 0.2) is 24.3 Å². The summed E-state index contributed by atoms with van der Waals surface area (Å²) < 4.78 is 11.0. The van der Waals surface area contributed by atoms with Crippen LogP contribution in [0.5, 0.6) is 11.5 Å². The van der Waals surface area contributed by atoms with E-state index >= 15 is 0 Å². The zero-order valence-corrected chi connectivity index (χ0v) is 12.9. The summed E-state index contributed by atoms with van der Waals surface area (Å²) >= 11 is 6.16. The molecule has 1 aliphatic carbocycles. The van der Waals surface area contributed by atoms with Gasteiger partial charge < -0.3 is 14.8 Å². The Kier molecular flexibility index (Phi) is 5.99. The Balaban J connectivity index is 1.78. The molecule has 0 saturated heterocycles. The van der Waals surface area contributed by atoms with Crippen molar-refractivity contribution in [3.05, 3.63) is 24.3 Å². The highest BCUT2D eigenvalue weighted by Crippen LogP contribution is 2.29. The van der Waals surface area contributed by atoms with Gasteiger partial charge in [-0.3, -0.25) is 0 Å². The molecule has 1 aliphatic rings. The summed E-state index contributed by atoms with van der Waals surface area (Å²) in [6.07, 6.45) is 6.22. The Hall–Kier alpha value is -0.930. The van der Waals surface area contributed by atoms with Gasteiger partial charge in [-0.15, -0.1) is 11.6 Å². The summed E-state index contributed by atoms with van der Waals surface area (Å²) in [5.74, 6) is 2.25. The molecule has 0 aliphatic heterocycles. The van der Waals surface area contributed by atoms with Gasteiger partial charge in [0.25, 0.3) is 0 Å². The highest BCUT2D eigenvalue weighted by atomic mass is 35.5. The van der Waals surface area contributed by atoms with Crippen LogP contribution < -0.4 is 14.8 Å². The predicted octanol–water partition coefficient (Wildman–Crippen LogP) is 3.61. The van der Waals surface area contributed by atoms with E-state index in [0.717, 1.165) is 18.0 Å². The maximum absolute atomic E-state index is 6.16. The lowest BCUT2D eigenvalue weighted by molar-refractivity contribution is 0.227. The number of rotatable bonds is 7. The molecule has 1 aromatic carbocycles. The molecule has 1 N–H and O–H groups in total. The minimum Gasteiger partial charge on any atom is -0.493 e. The maximum atomic E-state index is 6.16. The first kappa shape index (κ1) is 15.5. The maximum Gasteiger partial charge on any atom is 0.161 e. The smallest absolute Gasteiger partial charge is 0.161 e. The molecule has 20 heavy (non-hydrogen) atoms. The van der Waals surface area contributed by atoms with E-state index in [-0.39, 0.29) is 5.54 Å². The molecule has 2 rings (SSSR count). The van der Waals surface area contributed by atoms with E-state index in [2.05, 4.69) is 5.32 Å². The van der Waals surface area contributed by atoms with Crippen molar-refractivity contribution in [3.63, 3.8) is 0 Å². The van der Waals surface area contributed by atoms with Gasteiger partial charge in [0.1, 0.15) is 6.61 Å². The van der Waals surface area contributed by atoms with Crippen LogP contribution in [0.2, 0.25) is 0 Å². The Morgan fingerprint density at radius 3 is 2.50 bits per heavy atom. The van der Waals surface area contributed by atoms with Crippen LogP contribution in [0.3, 0.4) is 0 Å². The zero-order valence-electron chi connectivity index (χ0n) is 12.2. The van der Waals surface area contributed by atoms with Crippen molar-refractivity contribution in [2.45, 2.75) is 37.6 Å². The number of benzene rings is 1. The van der Waals surface area contributed by atoms with Crippen molar-refractivity contribution in [2.24, 2.45) is 0 Å². The molecular weight excluding hydrogens is 274 g/mol. The molecule has 0 atom stereocenters. The highest BCUT2D eigenvalue weighted by Gasteiger charge is 2.30. The monoisotopic (exact) mass is 297 g/mol. The van der Waals surface area contributed by atoms with Gasteiger partial charge in [0.05, 0.1) is 7.11 Å². The molecule has 0 amide bonds. The fraction of sp³-hybridized carbons (Fsp3) is 0.625. The summed E-state index contributed by atoms with van der Waals surface area (Å²) in [7, 11) is 1.66. The van der Waals surface area contributed by atoms with E-state index in [1.165, 1.54) is 32.1 Å². The normalized spacial score (nSPS) is 17.7. The van der Waals surface area contributed by atoms with Gasteiger partial charge in [-0.25, -0.2) is 0 Å². The summed E-state index contributed by atoms with van der Waals surface area (Å²) in [4.78, 5) is 0. The van der Waals surface area contributed by atoms with Gasteiger partial charge in [-0.2, -0.15) is 0 Å². The van der Waals surface area contributed by atoms with Gasteiger partial charge in [0, 0.05) is 18.0 Å².